The first-order valence-corrected chi connectivity index (χ1v) is 13.0. The van der Waals surface area contributed by atoms with Crippen molar-refractivity contribution in [3.63, 3.8) is 0 Å². The summed E-state index contributed by atoms with van der Waals surface area (Å²) in [6, 6.07) is 24.4. The number of fused-ring (bicyclic) bond motifs is 4. The van der Waals surface area contributed by atoms with E-state index in [1.54, 1.807) is 0 Å². The van der Waals surface area contributed by atoms with Gasteiger partial charge in [0.1, 0.15) is 11.8 Å². The molecule has 0 spiro atoms. The Hall–Kier alpha value is -3.20. The quantitative estimate of drug-likeness (QED) is 0.327. The summed E-state index contributed by atoms with van der Waals surface area (Å²) in [5.41, 5.74) is 8.75. The number of nitrogens with zero attached hydrogens (tertiary/aromatic N) is 1. The van der Waals surface area contributed by atoms with Gasteiger partial charge < -0.3 is 14.6 Å². The molecule has 35 heavy (non-hydrogen) atoms. The van der Waals surface area contributed by atoms with Crippen molar-refractivity contribution in [2.75, 3.05) is 10.2 Å². The monoisotopic (exact) mass is 464 g/mol. The van der Waals surface area contributed by atoms with Crippen molar-refractivity contribution < 1.29 is 4.42 Å². The highest BCUT2D eigenvalue weighted by atomic mass is 16.3. The molecule has 3 heteroatoms. The molecule has 0 bridgehead atoms. The van der Waals surface area contributed by atoms with Crippen LogP contribution in [0.15, 0.2) is 77.4 Å². The summed E-state index contributed by atoms with van der Waals surface area (Å²) >= 11 is 0. The highest BCUT2D eigenvalue weighted by Crippen LogP contribution is 2.60. The number of benzene rings is 3. The van der Waals surface area contributed by atoms with Crippen LogP contribution < -0.4 is 10.2 Å². The molecule has 180 valence electrons. The van der Waals surface area contributed by atoms with Crippen molar-refractivity contribution in [1.29, 1.82) is 0 Å². The average Bonchev–Trinajstić information content (AvgIpc) is 3.32. The van der Waals surface area contributed by atoms with E-state index in [1.807, 2.05) is 6.26 Å². The standard InChI is InChI=1S/C32H36N2O/c1-30(2,3)22-12-14-23(15-13-22)33-27-21-35-29-20-24(16-17-25(27)29)34-28-11-7-6-10-26(28)31(4)18-8-9-19-32(31,34)5/h6-7,10-17,20-21,33H,8-9,18-19H2,1-5H3. The third kappa shape index (κ3) is 3.31. The van der Waals surface area contributed by atoms with E-state index in [1.165, 1.54) is 48.2 Å². The number of hydrogen-bond donors (Lipinski definition) is 1. The van der Waals surface area contributed by atoms with Crippen molar-refractivity contribution in [2.45, 2.75) is 76.7 Å². The van der Waals surface area contributed by atoms with Gasteiger partial charge in [0.2, 0.25) is 0 Å². The number of nitrogens with one attached hydrogen (secondary N) is 1. The van der Waals surface area contributed by atoms with Crippen LogP contribution in [0.4, 0.5) is 22.7 Å². The first-order valence-electron chi connectivity index (χ1n) is 13.0. The molecule has 1 N–H and O–H groups in total. The zero-order valence-corrected chi connectivity index (χ0v) is 21.6. The lowest BCUT2D eigenvalue weighted by Crippen LogP contribution is -2.54. The first kappa shape index (κ1) is 22.3. The maximum Gasteiger partial charge on any atom is 0.138 e. The Morgan fingerprint density at radius 3 is 2.40 bits per heavy atom. The lowest BCUT2D eigenvalue weighted by atomic mass is 9.61. The molecule has 1 aliphatic carbocycles. The number of para-hydroxylation sites is 1. The summed E-state index contributed by atoms with van der Waals surface area (Å²) in [5, 5.41) is 4.67. The van der Waals surface area contributed by atoms with E-state index >= 15 is 0 Å². The number of hydrogen-bond acceptors (Lipinski definition) is 3. The molecule has 1 aromatic heterocycles. The highest BCUT2D eigenvalue weighted by Gasteiger charge is 2.57. The van der Waals surface area contributed by atoms with E-state index in [9.17, 15) is 0 Å². The van der Waals surface area contributed by atoms with Gasteiger partial charge in [0.25, 0.3) is 0 Å². The molecule has 2 aliphatic rings. The van der Waals surface area contributed by atoms with Crippen LogP contribution in [0.5, 0.6) is 0 Å². The van der Waals surface area contributed by atoms with Crippen LogP contribution in [-0.2, 0) is 10.8 Å². The van der Waals surface area contributed by atoms with Crippen LogP contribution in [0.2, 0.25) is 0 Å². The van der Waals surface area contributed by atoms with Crippen molar-refractivity contribution in [3.05, 3.63) is 84.1 Å². The number of furan rings is 1. The third-order valence-corrected chi connectivity index (χ3v) is 8.86. The van der Waals surface area contributed by atoms with E-state index in [4.69, 9.17) is 4.42 Å². The second-order valence-electron chi connectivity index (χ2n) is 11.9. The van der Waals surface area contributed by atoms with Gasteiger partial charge in [0.05, 0.1) is 11.2 Å². The van der Waals surface area contributed by atoms with Crippen molar-refractivity contribution in [3.8, 4) is 0 Å². The maximum absolute atomic E-state index is 6.09. The maximum atomic E-state index is 6.09. The summed E-state index contributed by atoms with van der Waals surface area (Å²) in [6.45, 7) is 11.7. The Balaban J connectivity index is 1.36. The molecule has 1 aliphatic heterocycles. The van der Waals surface area contributed by atoms with Gasteiger partial charge in [-0.2, -0.15) is 0 Å². The minimum absolute atomic E-state index is 0.0606. The molecule has 1 saturated carbocycles. The molecule has 2 atom stereocenters. The topological polar surface area (TPSA) is 28.4 Å². The third-order valence-electron chi connectivity index (χ3n) is 8.86. The second-order valence-corrected chi connectivity index (χ2v) is 11.9. The van der Waals surface area contributed by atoms with Crippen LogP contribution in [0, 0.1) is 0 Å². The molecule has 0 amide bonds. The lowest BCUT2D eigenvalue weighted by molar-refractivity contribution is 0.195. The van der Waals surface area contributed by atoms with Crippen LogP contribution in [0.3, 0.4) is 0 Å². The Labute approximate surface area is 209 Å². The largest absolute Gasteiger partial charge is 0.462 e. The fourth-order valence-corrected chi connectivity index (χ4v) is 6.56. The van der Waals surface area contributed by atoms with Gasteiger partial charge in [-0.3, -0.25) is 0 Å². The normalized spacial score (nSPS) is 23.9. The fraction of sp³-hybridized carbons (Fsp3) is 0.375. The summed E-state index contributed by atoms with van der Waals surface area (Å²) < 4.78 is 6.09. The zero-order chi connectivity index (χ0) is 24.4. The summed E-state index contributed by atoms with van der Waals surface area (Å²) in [5.74, 6) is 0. The summed E-state index contributed by atoms with van der Waals surface area (Å²) in [6.07, 6.45) is 6.86. The second kappa shape index (κ2) is 7.65. The molecule has 1 fully saturated rings. The Morgan fingerprint density at radius 2 is 1.63 bits per heavy atom. The van der Waals surface area contributed by atoms with E-state index < -0.39 is 0 Å². The van der Waals surface area contributed by atoms with E-state index in [0.29, 0.717) is 0 Å². The van der Waals surface area contributed by atoms with Gasteiger partial charge in [0, 0.05) is 33.9 Å². The predicted molar refractivity (Wildman–Crippen MR) is 147 cm³/mol. The van der Waals surface area contributed by atoms with E-state index in [-0.39, 0.29) is 16.4 Å². The fourth-order valence-electron chi connectivity index (χ4n) is 6.56. The lowest BCUT2D eigenvalue weighted by Gasteiger charge is -2.50. The molecule has 0 saturated heterocycles. The van der Waals surface area contributed by atoms with Gasteiger partial charge in [-0.25, -0.2) is 0 Å². The van der Waals surface area contributed by atoms with E-state index in [0.717, 1.165) is 22.3 Å². The van der Waals surface area contributed by atoms with Crippen LogP contribution in [-0.4, -0.2) is 5.54 Å². The minimum atomic E-state index is 0.0606. The molecule has 6 rings (SSSR count). The van der Waals surface area contributed by atoms with Gasteiger partial charge in [-0.15, -0.1) is 0 Å². The molecule has 2 heterocycles. The Morgan fingerprint density at radius 1 is 0.886 bits per heavy atom. The SMILES string of the molecule is CC(C)(C)c1ccc(Nc2coc3cc(N4c5ccccc5C5(C)CCCCC45C)ccc23)cc1. The van der Waals surface area contributed by atoms with E-state index in [2.05, 4.69) is 112 Å². The average molecular weight is 465 g/mol. The van der Waals surface area contributed by atoms with Gasteiger partial charge in [-0.05, 0) is 66.6 Å². The number of rotatable bonds is 3. The molecule has 4 aromatic rings. The molecular formula is C32H36N2O. The molecular weight excluding hydrogens is 428 g/mol. The highest BCUT2D eigenvalue weighted by molar-refractivity contribution is 5.95. The van der Waals surface area contributed by atoms with Crippen LogP contribution in [0.1, 0.15) is 71.4 Å². The Bertz CT molecular complexity index is 1390. The molecule has 2 unspecified atom stereocenters. The minimum Gasteiger partial charge on any atom is -0.462 e. The van der Waals surface area contributed by atoms with Gasteiger partial charge >= 0.3 is 0 Å². The predicted octanol–water partition coefficient (Wildman–Crippen LogP) is 9.22. The molecule has 3 aromatic carbocycles. The van der Waals surface area contributed by atoms with Crippen molar-refractivity contribution in [1.82, 2.24) is 0 Å². The zero-order valence-electron chi connectivity index (χ0n) is 21.6. The summed E-state index contributed by atoms with van der Waals surface area (Å²) in [7, 11) is 0. The van der Waals surface area contributed by atoms with Crippen molar-refractivity contribution in [2.24, 2.45) is 0 Å². The van der Waals surface area contributed by atoms with Gasteiger partial charge in [-0.1, -0.05) is 70.9 Å². The number of anilines is 4. The first-order chi connectivity index (χ1) is 16.7. The van der Waals surface area contributed by atoms with Crippen molar-refractivity contribution >= 4 is 33.7 Å². The summed E-state index contributed by atoms with van der Waals surface area (Å²) in [4.78, 5) is 2.60. The van der Waals surface area contributed by atoms with Crippen LogP contribution >= 0.6 is 0 Å². The van der Waals surface area contributed by atoms with Crippen LogP contribution in [0.25, 0.3) is 11.0 Å². The molecule has 0 radical (unpaired) electrons. The Kier molecular flexibility index (Phi) is 4.87. The molecule has 3 nitrogen and oxygen atoms in total. The smallest absolute Gasteiger partial charge is 0.138 e. The van der Waals surface area contributed by atoms with Gasteiger partial charge in [0.15, 0.2) is 0 Å².